The van der Waals surface area contributed by atoms with Crippen molar-refractivity contribution >= 4 is 60.2 Å². The molecule has 0 aliphatic heterocycles. The summed E-state index contributed by atoms with van der Waals surface area (Å²) in [4.78, 5) is 2.45. The lowest BCUT2D eigenvalue weighted by molar-refractivity contribution is 0.592. The highest BCUT2D eigenvalue weighted by molar-refractivity contribution is 6.23. The molecule has 10 rings (SSSR count). The molecule has 0 atom stereocenters. The molecule has 57 heavy (non-hydrogen) atoms. The second kappa shape index (κ2) is 14.0. The van der Waals surface area contributed by atoms with Crippen LogP contribution in [0.2, 0.25) is 0 Å². The Morgan fingerprint density at radius 1 is 0.333 bits per heavy atom. The Balaban J connectivity index is 1.18. The zero-order valence-electron chi connectivity index (χ0n) is 32.6. The van der Waals surface area contributed by atoms with Gasteiger partial charge in [-0.05, 0) is 118 Å². The number of benzene rings is 10. The summed E-state index contributed by atoms with van der Waals surface area (Å²) < 4.78 is 0. The van der Waals surface area contributed by atoms with Crippen LogP contribution in [0.1, 0.15) is 26.3 Å². The molecular weight excluding hydrogens is 687 g/mol. The number of fused-ring (bicyclic) bond motifs is 6. The van der Waals surface area contributed by atoms with E-state index in [0.29, 0.717) is 0 Å². The summed E-state index contributed by atoms with van der Waals surface area (Å²) in [6.45, 7) is 6.95. The van der Waals surface area contributed by atoms with E-state index in [1.165, 1.54) is 82.0 Å². The number of anilines is 3. The lowest BCUT2D eigenvalue weighted by atomic mass is 9.81. The molecule has 10 aromatic rings. The van der Waals surface area contributed by atoms with E-state index >= 15 is 0 Å². The first kappa shape index (κ1) is 34.5. The fourth-order valence-corrected chi connectivity index (χ4v) is 8.85. The summed E-state index contributed by atoms with van der Waals surface area (Å²) in [6.07, 6.45) is 0. The van der Waals surface area contributed by atoms with Crippen LogP contribution in [0, 0.1) is 0 Å². The Bertz CT molecular complexity index is 3090. The van der Waals surface area contributed by atoms with Gasteiger partial charge in [0.15, 0.2) is 0 Å². The van der Waals surface area contributed by atoms with Gasteiger partial charge in [0, 0.05) is 16.9 Å². The minimum atomic E-state index is -0.0890. The molecule has 0 radical (unpaired) electrons. The Morgan fingerprint density at radius 2 is 0.895 bits per heavy atom. The monoisotopic (exact) mass is 729 g/mol. The summed E-state index contributed by atoms with van der Waals surface area (Å²) in [5.74, 6) is 0. The highest BCUT2D eigenvalue weighted by atomic mass is 15.1. The molecule has 0 heterocycles. The van der Waals surface area contributed by atoms with E-state index < -0.39 is 0 Å². The maximum Gasteiger partial charge on any atom is 0.0540 e. The smallest absolute Gasteiger partial charge is 0.0540 e. The molecule has 0 fully saturated rings. The minimum Gasteiger partial charge on any atom is -0.310 e. The van der Waals surface area contributed by atoms with E-state index in [4.69, 9.17) is 0 Å². The second-order valence-electron chi connectivity index (χ2n) is 16.1. The van der Waals surface area contributed by atoms with Crippen LogP contribution in [-0.4, -0.2) is 0 Å². The number of nitrogens with zero attached hydrogens (tertiary/aromatic N) is 1. The average Bonchev–Trinajstić information content (AvgIpc) is 3.26. The van der Waals surface area contributed by atoms with E-state index in [2.05, 4.69) is 232 Å². The van der Waals surface area contributed by atoms with Crippen LogP contribution < -0.4 is 4.90 Å². The fraction of sp³-hybridized carbons (Fsp3) is 0.0714. The van der Waals surface area contributed by atoms with Gasteiger partial charge in [0.1, 0.15) is 0 Å². The molecule has 0 aliphatic carbocycles. The van der Waals surface area contributed by atoms with Crippen molar-refractivity contribution in [2.75, 3.05) is 4.90 Å². The zero-order chi connectivity index (χ0) is 38.5. The molecule has 272 valence electrons. The van der Waals surface area contributed by atoms with Gasteiger partial charge in [-0.1, -0.05) is 191 Å². The summed E-state index contributed by atoms with van der Waals surface area (Å²) in [5, 5.41) is 10.2. The van der Waals surface area contributed by atoms with Gasteiger partial charge in [0.2, 0.25) is 0 Å². The van der Waals surface area contributed by atoms with E-state index in [1.807, 2.05) is 0 Å². The minimum absolute atomic E-state index is 0.0890. The molecule has 0 saturated heterocycles. The zero-order valence-corrected chi connectivity index (χ0v) is 32.6. The molecule has 0 saturated carbocycles. The topological polar surface area (TPSA) is 3.24 Å². The van der Waals surface area contributed by atoms with E-state index in [0.717, 1.165) is 17.1 Å². The van der Waals surface area contributed by atoms with Gasteiger partial charge in [-0.15, -0.1) is 0 Å². The van der Waals surface area contributed by atoms with Crippen LogP contribution in [0.25, 0.3) is 76.5 Å². The van der Waals surface area contributed by atoms with Gasteiger partial charge in [-0.3, -0.25) is 0 Å². The molecular formula is C56H43N. The van der Waals surface area contributed by atoms with Crippen molar-refractivity contribution in [3.05, 3.63) is 212 Å². The normalized spacial score (nSPS) is 11.8. The lowest BCUT2D eigenvalue weighted by Crippen LogP contribution is -2.16. The number of hydrogen-bond donors (Lipinski definition) is 0. The van der Waals surface area contributed by atoms with Gasteiger partial charge in [0.05, 0.1) is 5.69 Å². The molecule has 0 amide bonds. The van der Waals surface area contributed by atoms with Crippen LogP contribution in [0.3, 0.4) is 0 Å². The van der Waals surface area contributed by atoms with Crippen LogP contribution in [-0.2, 0) is 5.41 Å². The molecule has 0 aromatic heterocycles. The van der Waals surface area contributed by atoms with Gasteiger partial charge in [-0.2, -0.15) is 0 Å². The average molecular weight is 730 g/mol. The van der Waals surface area contributed by atoms with Gasteiger partial charge in [-0.25, -0.2) is 0 Å². The number of hydrogen-bond acceptors (Lipinski definition) is 1. The van der Waals surface area contributed by atoms with Crippen LogP contribution >= 0.6 is 0 Å². The molecule has 0 bridgehead atoms. The summed E-state index contributed by atoms with van der Waals surface area (Å²) >= 11 is 0. The highest BCUT2D eigenvalue weighted by Gasteiger charge is 2.24. The van der Waals surface area contributed by atoms with Crippen molar-refractivity contribution in [2.24, 2.45) is 0 Å². The maximum absolute atomic E-state index is 2.45. The summed E-state index contributed by atoms with van der Waals surface area (Å²) in [5.41, 5.74) is 11.9. The molecule has 0 aliphatic rings. The van der Waals surface area contributed by atoms with Crippen molar-refractivity contribution in [2.45, 2.75) is 26.2 Å². The lowest BCUT2D eigenvalue weighted by Gasteiger charge is -2.31. The summed E-state index contributed by atoms with van der Waals surface area (Å²) in [7, 11) is 0. The highest BCUT2D eigenvalue weighted by Crippen LogP contribution is 2.46. The Labute approximate surface area is 335 Å². The third kappa shape index (κ3) is 6.13. The molecule has 1 heteroatoms. The standard InChI is InChI=1S/C56H43N/c1-56(2,3)53-37-44(34-35-46(53)39-16-5-4-6-17-39)57(54-27-14-13-24-50(54)48-26-15-20-38-18-7-9-21-45(38)48)43-32-30-41(31-33-43)52-36-42-29-28-40-19-8-10-22-47(40)55(42)51-25-12-11-23-49(51)52/h4-37H,1-3H3. The maximum atomic E-state index is 2.45. The second-order valence-corrected chi connectivity index (χ2v) is 16.1. The first-order valence-electron chi connectivity index (χ1n) is 19.9. The van der Waals surface area contributed by atoms with E-state index in [9.17, 15) is 0 Å². The van der Waals surface area contributed by atoms with Crippen molar-refractivity contribution < 1.29 is 0 Å². The first-order chi connectivity index (χ1) is 27.9. The largest absolute Gasteiger partial charge is 0.310 e. The molecule has 0 spiro atoms. The SMILES string of the molecule is CC(C)(C)c1cc(N(c2ccc(-c3cc4ccc5ccccc5c4c4ccccc34)cc2)c2ccccc2-c2cccc3ccccc23)ccc1-c1ccccc1. The van der Waals surface area contributed by atoms with Crippen molar-refractivity contribution in [1.82, 2.24) is 0 Å². The quantitative estimate of drug-likeness (QED) is 0.154. The Hall–Kier alpha value is -6.96. The van der Waals surface area contributed by atoms with Crippen molar-refractivity contribution in [3.63, 3.8) is 0 Å². The summed E-state index contributed by atoms with van der Waals surface area (Å²) in [6, 6.07) is 75.8. The van der Waals surface area contributed by atoms with Crippen LogP contribution in [0.15, 0.2) is 206 Å². The van der Waals surface area contributed by atoms with Gasteiger partial charge in [0.25, 0.3) is 0 Å². The predicted molar refractivity (Wildman–Crippen MR) is 246 cm³/mol. The number of rotatable bonds is 6. The van der Waals surface area contributed by atoms with Crippen molar-refractivity contribution in [3.8, 4) is 33.4 Å². The van der Waals surface area contributed by atoms with Crippen molar-refractivity contribution in [1.29, 1.82) is 0 Å². The predicted octanol–water partition coefficient (Wildman–Crippen LogP) is 16.1. The van der Waals surface area contributed by atoms with E-state index in [-0.39, 0.29) is 5.41 Å². The molecule has 0 unspecified atom stereocenters. The third-order valence-corrected chi connectivity index (χ3v) is 11.6. The van der Waals surface area contributed by atoms with Gasteiger partial charge < -0.3 is 4.90 Å². The Morgan fingerprint density at radius 3 is 1.67 bits per heavy atom. The van der Waals surface area contributed by atoms with Crippen LogP contribution in [0.4, 0.5) is 17.1 Å². The first-order valence-corrected chi connectivity index (χ1v) is 19.9. The number of para-hydroxylation sites is 1. The van der Waals surface area contributed by atoms with E-state index in [1.54, 1.807) is 0 Å². The third-order valence-electron chi connectivity index (χ3n) is 11.6. The fourth-order valence-electron chi connectivity index (χ4n) is 8.85. The van der Waals surface area contributed by atoms with Crippen LogP contribution in [0.5, 0.6) is 0 Å². The van der Waals surface area contributed by atoms with Gasteiger partial charge >= 0.3 is 0 Å². The molecule has 10 aromatic carbocycles. The molecule has 1 nitrogen and oxygen atoms in total. The molecule has 0 N–H and O–H groups in total. The Kier molecular flexibility index (Phi) is 8.46.